The Morgan fingerprint density at radius 3 is 2.60 bits per heavy atom. The topological polar surface area (TPSA) is 43.4 Å². The highest BCUT2D eigenvalue weighted by Gasteiger charge is 2.11. The van der Waals surface area contributed by atoms with Crippen LogP contribution in [0, 0.1) is 0 Å². The van der Waals surface area contributed by atoms with Crippen LogP contribution in [0.3, 0.4) is 0 Å². The van der Waals surface area contributed by atoms with Gasteiger partial charge in [-0.1, -0.05) is 6.07 Å². The minimum absolute atomic E-state index is 0.383. The third-order valence-corrected chi connectivity index (χ3v) is 4.07. The fourth-order valence-corrected chi connectivity index (χ4v) is 2.83. The summed E-state index contributed by atoms with van der Waals surface area (Å²) in [5, 5.41) is 3.36. The maximum Gasteiger partial charge on any atom is 0.160 e. The van der Waals surface area contributed by atoms with Gasteiger partial charge in [0.2, 0.25) is 0 Å². The fraction of sp³-hybridized carbons (Fsp3) is 0.400. The average molecular weight is 292 g/mol. The summed E-state index contributed by atoms with van der Waals surface area (Å²) < 4.78 is 10.6. The van der Waals surface area contributed by atoms with Gasteiger partial charge in [-0.05, 0) is 37.6 Å². The number of nitrogens with zero attached hydrogens (tertiary/aromatic N) is 1. The first-order chi connectivity index (χ1) is 9.76. The normalized spacial score (nSPS) is 12.2. The van der Waals surface area contributed by atoms with Crippen LogP contribution in [-0.4, -0.2) is 32.3 Å². The summed E-state index contributed by atoms with van der Waals surface area (Å²) in [6.07, 6.45) is 3.86. The van der Waals surface area contributed by atoms with Crippen LogP contribution in [0.4, 0.5) is 0 Å². The standard InChI is InChI=1S/C15H20N2O2S/c1-16-12(8-13-9-17-10-20-13)6-11-4-5-14(18-2)15(7-11)19-3/h4-5,7,9-10,12,16H,6,8H2,1-3H3. The van der Waals surface area contributed by atoms with Gasteiger partial charge in [-0.15, -0.1) is 11.3 Å². The largest absolute Gasteiger partial charge is 0.493 e. The van der Waals surface area contributed by atoms with Crippen molar-refractivity contribution in [2.45, 2.75) is 18.9 Å². The molecule has 0 amide bonds. The van der Waals surface area contributed by atoms with E-state index in [9.17, 15) is 0 Å². The molecule has 20 heavy (non-hydrogen) atoms. The van der Waals surface area contributed by atoms with E-state index < -0.39 is 0 Å². The second-order valence-corrected chi connectivity index (χ2v) is 5.52. The molecule has 5 heteroatoms. The first-order valence-corrected chi connectivity index (χ1v) is 7.40. The molecule has 0 bridgehead atoms. The van der Waals surface area contributed by atoms with Crippen molar-refractivity contribution >= 4 is 11.3 Å². The second-order valence-electron chi connectivity index (χ2n) is 4.55. The van der Waals surface area contributed by atoms with Gasteiger partial charge in [-0.3, -0.25) is 4.98 Å². The maximum absolute atomic E-state index is 5.34. The van der Waals surface area contributed by atoms with E-state index in [2.05, 4.69) is 16.4 Å². The molecule has 4 nitrogen and oxygen atoms in total. The van der Waals surface area contributed by atoms with Crippen LogP contribution in [-0.2, 0) is 12.8 Å². The number of aromatic nitrogens is 1. The third-order valence-electron chi connectivity index (χ3n) is 3.27. The van der Waals surface area contributed by atoms with Crippen LogP contribution in [0.15, 0.2) is 29.9 Å². The summed E-state index contributed by atoms with van der Waals surface area (Å²) in [4.78, 5) is 5.42. The quantitative estimate of drug-likeness (QED) is 0.851. The second kappa shape index (κ2) is 7.26. The van der Waals surface area contributed by atoms with Crippen LogP contribution in [0.5, 0.6) is 11.5 Å². The van der Waals surface area contributed by atoms with Gasteiger partial charge in [-0.2, -0.15) is 0 Å². The van der Waals surface area contributed by atoms with Crippen molar-refractivity contribution in [1.29, 1.82) is 0 Å². The van der Waals surface area contributed by atoms with E-state index in [1.807, 2.05) is 30.9 Å². The Hall–Kier alpha value is -1.59. The summed E-state index contributed by atoms with van der Waals surface area (Å²) in [5.41, 5.74) is 3.10. The van der Waals surface area contributed by atoms with Crippen molar-refractivity contribution in [2.75, 3.05) is 21.3 Å². The Bertz CT molecular complexity index is 529. The van der Waals surface area contributed by atoms with Crippen LogP contribution >= 0.6 is 11.3 Å². The lowest BCUT2D eigenvalue weighted by Crippen LogP contribution is -2.29. The van der Waals surface area contributed by atoms with E-state index in [1.54, 1.807) is 25.6 Å². The summed E-state index contributed by atoms with van der Waals surface area (Å²) in [6, 6.07) is 6.45. The number of methoxy groups -OCH3 is 2. The van der Waals surface area contributed by atoms with Gasteiger partial charge in [0, 0.05) is 17.1 Å². The van der Waals surface area contributed by atoms with E-state index in [-0.39, 0.29) is 0 Å². The number of nitrogens with one attached hydrogen (secondary N) is 1. The summed E-state index contributed by atoms with van der Waals surface area (Å²) in [5.74, 6) is 1.54. The maximum atomic E-state index is 5.34. The highest BCUT2D eigenvalue weighted by Crippen LogP contribution is 2.28. The molecular formula is C15H20N2O2S. The molecule has 0 saturated heterocycles. The Morgan fingerprint density at radius 1 is 1.20 bits per heavy atom. The van der Waals surface area contributed by atoms with Gasteiger partial charge in [0.1, 0.15) is 0 Å². The Kier molecular flexibility index (Phi) is 5.38. The number of rotatable bonds is 7. The molecule has 1 N–H and O–H groups in total. The van der Waals surface area contributed by atoms with Crippen molar-refractivity contribution in [2.24, 2.45) is 0 Å². The number of likely N-dealkylation sites (N-methyl/N-ethyl adjacent to an activating group) is 1. The monoisotopic (exact) mass is 292 g/mol. The first kappa shape index (κ1) is 14.8. The fourth-order valence-electron chi connectivity index (χ4n) is 2.15. The third kappa shape index (κ3) is 3.71. The molecule has 108 valence electrons. The number of hydrogen-bond donors (Lipinski definition) is 1. The molecule has 1 aromatic carbocycles. The highest BCUT2D eigenvalue weighted by molar-refractivity contribution is 7.09. The summed E-state index contributed by atoms with van der Waals surface area (Å²) >= 11 is 1.70. The van der Waals surface area contributed by atoms with Gasteiger partial charge in [-0.25, -0.2) is 0 Å². The minimum Gasteiger partial charge on any atom is -0.493 e. The number of thiazole rings is 1. The van der Waals surface area contributed by atoms with E-state index >= 15 is 0 Å². The van der Waals surface area contributed by atoms with Crippen LogP contribution in [0.25, 0.3) is 0 Å². The van der Waals surface area contributed by atoms with Gasteiger partial charge >= 0.3 is 0 Å². The molecule has 0 radical (unpaired) electrons. The molecule has 2 aromatic rings. The molecule has 0 aliphatic rings. The molecule has 1 heterocycles. The van der Waals surface area contributed by atoms with Crippen LogP contribution < -0.4 is 14.8 Å². The smallest absolute Gasteiger partial charge is 0.160 e. The first-order valence-electron chi connectivity index (χ1n) is 6.52. The molecule has 1 aromatic heterocycles. The zero-order valence-corrected chi connectivity index (χ0v) is 12.9. The van der Waals surface area contributed by atoms with Gasteiger partial charge < -0.3 is 14.8 Å². The van der Waals surface area contributed by atoms with Crippen LogP contribution in [0.2, 0.25) is 0 Å². The lowest BCUT2D eigenvalue weighted by molar-refractivity contribution is 0.354. The van der Waals surface area contributed by atoms with Crippen LogP contribution in [0.1, 0.15) is 10.4 Å². The number of ether oxygens (including phenoxy) is 2. The molecule has 1 atom stereocenters. The Morgan fingerprint density at radius 2 is 2.00 bits per heavy atom. The lowest BCUT2D eigenvalue weighted by Gasteiger charge is -2.16. The Labute approximate surface area is 123 Å². The molecule has 0 aliphatic heterocycles. The molecule has 2 rings (SSSR count). The molecule has 1 unspecified atom stereocenters. The zero-order chi connectivity index (χ0) is 14.4. The summed E-state index contributed by atoms with van der Waals surface area (Å²) in [6.45, 7) is 0. The molecular weight excluding hydrogens is 272 g/mol. The minimum atomic E-state index is 0.383. The van der Waals surface area contributed by atoms with Crippen molar-refractivity contribution in [3.63, 3.8) is 0 Å². The summed E-state index contributed by atoms with van der Waals surface area (Å²) in [7, 11) is 5.30. The van der Waals surface area contributed by atoms with Gasteiger partial charge in [0.05, 0.1) is 19.7 Å². The predicted molar refractivity (Wildman–Crippen MR) is 81.9 cm³/mol. The highest BCUT2D eigenvalue weighted by atomic mass is 32.1. The van der Waals surface area contributed by atoms with Crippen molar-refractivity contribution in [3.8, 4) is 11.5 Å². The van der Waals surface area contributed by atoms with Gasteiger partial charge in [0.15, 0.2) is 11.5 Å². The molecule has 0 fully saturated rings. The Balaban J connectivity index is 2.07. The van der Waals surface area contributed by atoms with Crippen molar-refractivity contribution in [1.82, 2.24) is 10.3 Å². The van der Waals surface area contributed by atoms with Gasteiger partial charge in [0.25, 0.3) is 0 Å². The SMILES string of the molecule is CNC(Cc1ccc(OC)c(OC)c1)Cc1cncs1. The predicted octanol–water partition coefficient (Wildman–Crippen LogP) is 2.53. The van der Waals surface area contributed by atoms with E-state index in [1.165, 1.54) is 10.4 Å². The number of hydrogen-bond acceptors (Lipinski definition) is 5. The van der Waals surface area contributed by atoms with Crippen molar-refractivity contribution in [3.05, 3.63) is 40.3 Å². The molecule has 0 aliphatic carbocycles. The van der Waals surface area contributed by atoms with Crippen molar-refractivity contribution < 1.29 is 9.47 Å². The molecule has 0 saturated carbocycles. The molecule has 0 spiro atoms. The zero-order valence-electron chi connectivity index (χ0n) is 12.1. The average Bonchev–Trinajstić information content (AvgIpc) is 2.99. The van der Waals surface area contributed by atoms with E-state index in [0.717, 1.165) is 24.3 Å². The number of benzene rings is 1. The van der Waals surface area contributed by atoms with E-state index in [4.69, 9.17) is 9.47 Å². The lowest BCUT2D eigenvalue weighted by atomic mass is 10.0. The van der Waals surface area contributed by atoms with E-state index in [0.29, 0.717) is 6.04 Å².